The number of amides is 1. The van der Waals surface area contributed by atoms with Crippen molar-refractivity contribution in [3.8, 4) is 5.75 Å². The SMILES string of the molecule is CC[C@H](C)[C@H](NC(=O)c1sccc1OC)C(=O)O. The summed E-state index contributed by atoms with van der Waals surface area (Å²) in [6.45, 7) is 3.68. The summed E-state index contributed by atoms with van der Waals surface area (Å²) >= 11 is 1.23. The van der Waals surface area contributed by atoms with Gasteiger partial charge < -0.3 is 15.2 Å². The highest BCUT2D eigenvalue weighted by Crippen LogP contribution is 2.24. The summed E-state index contributed by atoms with van der Waals surface area (Å²) in [7, 11) is 1.47. The number of methoxy groups -OCH3 is 1. The molecule has 0 saturated carbocycles. The molecule has 0 radical (unpaired) electrons. The average Bonchev–Trinajstić information content (AvgIpc) is 2.82. The average molecular weight is 271 g/mol. The minimum absolute atomic E-state index is 0.127. The van der Waals surface area contributed by atoms with Gasteiger partial charge in [0, 0.05) is 0 Å². The van der Waals surface area contributed by atoms with E-state index < -0.39 is 17.9 Å². The van der Waals surface area contributed by atoms with Gasteiger partial charge in [-0.15, -0.1) is 11.3 Å². The Morgan fingerprint density at radius 1 is 1.56 bits per heavy atom. The maximum Gasteiger partial charge on any atom is 0.326 e. The molecule has 18 heavy (non-hydrogen) atoms. The first-order valence-electron chi connectivity index (χ1n) is 5.66. The van der Waals surface area contributed by atoms with E-state index in [-0.39, 0.29) is 5.92 Å². The number of hydrogen-bond donors (Lipinski definition) is 2. The molecule has 0 aliphatic heterocycles. The van der Waals surface area contributed by atoms with Crippen molar-refractivity contribution < 1.29 is 19.4 Å². The van der Waals surface area contributed by atoms with E-state index in [1.165, 1.54) is 18.4 Å². The molecule has 1 rings (SSSR count). The van der Waals surface area contributed by atoms with Crippen LogP contribution in [0.2, 0.25) is 0 Å². The molecule has 0 spiro atoms. The zero-order valence-corrected chi connectivity index (χ0v) is 11.4. The predicted octanol–water partition coefficient (Wildman–Crippen LogP) is 1.99. The summed E-state index contributed by atoms with van der Waals surface area (Å²) < 4.78 is 5.04. The maximum absolute atomic E-state index is 12.0. The van der Waals surface area contributed by atoms with E-state index in [9.17, 15) is 9.59 Å². The van der Waals surface area contributed by atoms with E-state index in [2.05, 4.69) is 5.32 Å². The topological polar surface area (TPSA) is 75.6 Å². The zero-order valence-electron chi connectivity index (χ0n) is 10.6. The second kappa shape index (κ2) is 6.39. The molecule has 100 valence electrons. The summed E-state index contributed by atoms with van der Waals surface area (Å²) in [5.74, 6) is -1.09. The van der Waals surface area contributed by atoms with Gasteiger partial charge in [0.05, 0.1) is 7.11 Å². The van der Waals surface area contributed by atoms with Gasteiger partial charge in [0.25, 0.3) is 5.91 Å². The van der Waals surface area contributed by atoms with Gasteiger partial charge in [0.1, 0.15) is 16.7 Å². The second-order valence-electron chi connectivity index (χ2n) is 3.99. The highest BCUT2D eigenvalue weighted by Gasteiger charge is 2.27. The maximum atomic E-state index is 12.0. The van der Waals surface area contributed by atoms with Crippen LogP contribution in [-0.2, 0) is 4.79 Å². The largest absolute Gasteiger partial charge is 0.495 e. The number of nitrogens with one attached hydrogen (secondary N) is 1. The molecule has 6 heteroatoms. The number of carboxylic acids is 1. The van der Waals surface area contributed by atoms with E-state index in [1.807, 2.05) is 6.92 Å². The normalized spacial score (nSPS) is 13.7. The molecule has 1 aromatic rings. The van der Waals surface area contributed by atoms with Gasteiger partial charge >= 0.3 is 5.97 Å². The van der Waals surface area contributed by atoms with Crippen LogP contribution in [-0.4, -0.2) is 30.1 Å². The Hall–Kier alpha value is -1.56. The molecule has 0 aliphatic carbocycles. The quantitative estimate of drug-likeness (QED) is 0.829. The lowest BCUT2D eigenvalue weighted by Gasteiger charge is -2.19. The molecule has 0 unspecified atom stereocenters. The third-order valence-corrected chi connectivity index (χ3v) is 3.72. The van der Waals surface area contributed by atoms with Crippen LogP contribution in [0.25, 0.3) is 0 Å². The minimum atomic E-state index is -1.02. The first-order chi connectivity index (χ1) is 8.51. The molecule has 1 amide bonds. The van der Waals surface area contributed by atoms with Crippen LogP contribution >= 0.6 is 11.3 Å². The second-order valence-corrected chi connectivity index (χ2v) is 4.91. The van der Waals surface area contributed by atoms with E-state index in [0.717, 1.165) is 0 Å². The third-order valence-electron chi connectivity index (χ3n) is 2.82. The third kappa shape index (κ3) is 3.22. The fraction of sp³-hybridized carbons (Fsp3) is 0.500. The monoisotopic (exact) mass is 271 g/mol. The van der Waals surface area contributed by atoms with Crippen molar-refractivity contribution in [3.63, 3.8) is 0 Å². The molecule has 0 fully saturated rings. The lowest BCUT2D eigenvalue weighted by Crippen LogP contribution is -2.44. The van der Waals surface area contributed by atoms with Gasteiger partial charge in [-0.25, -0.2) is 4.79 Å². The van der Waals surface area contributed by atoms with Crippen molar-refractivity contribution in [2.45, 2.75) is 26.3 Å². The van der Waals surface area contributed by atoms with Crippen LogP contribution in [0.5, 0.6) is 5.75 Å². The number of hydrogen-bond acceptors (Lipinski definition) is 4. The first kappa shape index (κ1) is 14.5. The van der Waals surface area contributed by atoms with E-state index in [4.69, 9.17) is 9.84 Å². The number of carboxylic acid groups (broad SMARTS) is 1. The number of thiophene rings is 1. The van der Waals surface area contributed by atoms with Crippen LogP contribution in [0.4, 0.5) is 0 Å². The van der Waals surface area contributed by atoms with Crippen molar-refractivity contribution in [2.24, 2.45) is 5.92 Å². The van der Waals surface area contributed by atoms with Crippen molar-refractivity contribution in [1.82, 2.24) is 5.32 Å². The predicted molar refractivity (Wildman–Crippen MR) is 69.2 cm³/mol. The number of ether oxygens (including phenoxy) is 1. The highest BCUT2D eigenvalue weighted by molar-refractivity contribution is 7.12. The zero-order chi connectivity index (χ0) is 13.7. The number of rotatable bonds is 6. The molecule has 0 saturated heterocycles. The van der Waals surface area contributed by atoms with E-state index in [1.54, 1.807) is 18.4 Å². The lowest BCUT2D eigenvalue weighted by molar-refractivity contribution is -0.140. The van der Waals surface area contributed by atoms with Crippen LogP contribution in [0, 0.1) is 5.92 Å². The summed E-state index contributed by atoms with van der Waals surface area (Å²) in [6, 6.07) is 0.799. The van der Waals surface area contributed by atoms with E-state index in [0.29, 0.717) is 17.0 Å². The minimum Gasteiger partial charge on any atom is -0.495 e. The van der Waals surface area contributed by atoms with Gasteiger partial charge in [0.15, 0.2) is 0 Å². The van der Waals surface area contributed by atoms with Crippen LogP contribution < -0.4 is 10.1 Å². The Balaban J connectivity index is 2.82. The number of carbonyl (C=O) groups is 2. The molecular weight excluding hydrogens is 254 g/mol. The van der Waals surface area contributed by atoms with Gasteiger partial charge in [-0.3, -0.25) is 4.79 Å². The molecule has 0 aliphatic rings. The smallest absolute Gasteiger partial charge is 0.326 e. The molecule has 2 N–H and O–H groups in total. The molecule has 0 aromatic carbocycles. The van der Waals surface area contributed by atoms with Crippen molar-refractivity contribution in [1.29, 1.82) is 0 Å². The lowest BCUT2D eigenvalue weighted by atomic mass is 9.99. The molecule has 0 bridgehead atoms. The molecule has 5 nitrogen and oxygen atoms in total. The standard InChI is InChI=1S/C12H17NO4S/c1-4-7(2)9(12(15)16)13-11(14)10-8(17-3)5-6-18-10/h5-7,9H,4H2,1-3H3,(H,13,14)(H,15,16)/t7-,9-/m0/s1. The summed E-state index contributed by atoms with van der Waals surface area (Å²) in [4.78, 5) is 23.5. The Morgan fingerprint density at radius 3 is 2.72 bits per heavy atom. The van der Waals surface area contributed by atoms with Crippen LogP contribution in [0.15, 0.2) is 11.4 Å². The van der Waals surface area contributed by atoms with Crippen LogP contribution in [0.3, 0.4) is 0 Å². The Kier molecular flexibility index (Phi) is 5.15. The van der Waals surface area contributed by atoms with E-state index >= 15 is 0 Å². The van der Waals surface area contributed by atoms with Crippen molar-refractivity contribution in [3.05, 3.63) is 16.3 Å². The molecule has 1 heterocycles. The highest BCUT2D eigenvalue weighted by atomic mass is 32.1. The summed E-state index contributed by atoms with van der Waals surface area (Å²) in [5, 5.41) is 13.4. The molecule has 1 aromatic heterocycles. The molecule has 2 atom stereocenters. The van der Waals surface area contributed by atoms with Gasteiger partial charge in [-0.1, -0.05) is 20.3 Å². The Morgan fingerprint density at radius 2 is 2.22 bits per heavy atom. The Bertz CT molecular complexity index is 429. The van der Waals surface area contributed by atoms with Gasteiger partial charge in [0.2, 0.25) is 0 Å². The molecular formula is C12H17NO4S. The Labute approximate surface area is 110 Å². The van der Waals surface area contributed by atoms with Crippen LogP contribution in [0.1, 0.15) is 29.9 Å². The van der Waals surface area contributed by atoms with Crippen molar-refractivity contribution in [2.75, 3.05) is 7.11 Å². The fourth-order valence-electron chi connectivity index (χ4n) is 1.51. The first-order valence-corrected chi connectivity index (χ1v) is 6.54. The van der Waals surface area contributed by atoms with Gasteiger partial charge in [-0.05, 0) is 17.4 Å². The van der Waals surface area contributed by atoms with Crippen molar-refractivity contribution >= 4 is 23.2 Å². The summed E-state index contributed by atoms with van der Waals surface area (Å²) in [6.07, 6.45) is 0.679. The summed E-state index contributed by atoms with van der Waals surface area (Å²) in [5.41, 5.74) is 0. The van der Waals surface area contributed by atoms with Gasteiger partial charge in [-0.2, -0.15) is 0 Å². The fourth-order valence-corrected chi connectivity index (χ4v) is 2.27. The number of carbonyl (C=O) groups excluding carboxylic acids is 1. The number of aliphatic carboxylic acids is 1.